The molecule has 2 fully saturated rings. The van der Waals surface area contributed by atoms with Crippen LogP contribution in [0.2, 0.25) is 0 Å². The maximum atomic E-state index is 4.39. The van der Waals surface area contributed by atoms with Gasteiger partial charge in [-0.05, 0) is 19.8 Å². The molecule has 0 amide bonds. The number of nitrogens with zero attached hydrogens (tertiary/aromatic N) is 3. The number of hydrogen-bond acceptors (Lipinski definition) is 3. The zero-order chi connectivity index (χ0) is 13.3. The van der Waals surface area contributed by atoms with E-state index in [4.69, 9.17) is 0 Å². The van der Waals surface area contributed by atoms with Crippen LogP contribution in [0, 0.1) is 6.92 Å². The van der Waals surface area contributed by atoms with Crippen molar-refractivity contribution in [1.82, 2.24) is 20.0 Å². The van der Waals surface area contributed by atoms with Crippen molar-refractivity contribution in [2.45, 2.75) is 51.1 Å². The third-order valence-corrected chi connectivity index (χ3v) is 5.17. The van der Waals surface area contributed by atoms with Crippen LogP contribution in [0.15, 0.2) is 6.20 Å². The van der Waals surface area contributed by atoms with E-state index in [-0.39, 0.29) is 12.4 Å². The van der Waals surface area contributed by atoms with Crippen molar-refractivity contribution >= 4 is 12.4 Å². The lowest BCUT2D eigenvalue weighted by Crippen LogP contribution is -2.61. The molecule has 4 nitrogen and oxygen atoms in total. The molecule has 1 aromatic rings. The Hall–Kier alpha value is -0.580. The van der Waals surface area contributed by atoms with Crippen LogP contribution in [0.1, 0.15) is 43.4 Å². The summed E-state index contributed by atoms with van der Waals surface area (Å²) in [7, 11) is 2.03. The molecule has 1 N–H and O–H groups in total. The summed E-state index contributed by atoms with van der Waals surface area (Å²) in [5.41, 5.74) is 3.12. The third kappa shape index (κ3) is 2.87. The summed E-state index contributed by atoms with van der Waals surface area (Å²) in [6.07, 6.45) is 8.97. The molecule has 5 heteroatoms. The lowest BCUT2D eigenvalue weighted by atomic mass is 9.79. The number of nitrogens with one attached hydrogen (secondary N) is 1. The van der Waals surface area contributed by atoms with Gasteiger partial charge in [0.15, 0.2) is 0 Å². The number of piperazine rings is 1. The fraction of sp³-hybridized carbons (Fsp3) is 0.800. The predicted octanol–water partition coefficient (Wildman–Crippen LogP) is 2.26. The van der Waals surface area contributed by atoms with Crippen LogP contribution in [0.5, 0.6) is 0 Å². The molecule has 1 aliphatic carbocycles. The molecule has 2 aliphatic rings. The summed E-state index contributed by atoms with van der Waals surface area (Å²) < 4.78 is 1.99. The molecule has 0 atom stereocenters. The van der Waals surface area contributed by atoms with Crippen LogP contribution in [-0.4, -0.2) is 39.9 Å². The Morgan fingerprint density at radius 2 is 2.05 bits per heavy atom. The molecule has 1 saturated heterocycles. The van der Waals surface area contributed by atoms with Crippen molar-refractivity contribution in [3.8, 4) is 0 Å². The van der Waals surface area contributed by atoms with Crippen LogP contribution in [0.25, 0.3) is 0 Å². The van der Waals surface area contributed by atoms with Gasteiger partial charge in [-0.1, -0.05) is 19.3 Å². The second kappa shape index (κ2) is 6.46. The highest BCUT2D eigenvalue weighted by molar-refractivity contribution is 5.85. The first-order chi connectivity index (χ1) is 9.21. The Bertz CT molecular complexity index is 429. The average molecular weight is 299 g/mol. The normalized spacial score (nSPS) is 22.7. The van der Waals surface area contributed by atoms with Gasteiger partial charge in [0.2, 0.25) is 0 Å². The molecule has 1 spiro atoms. The van der Waals surface area contributed by atoms with Crippen LogP contribution in [0.4, 0.5) is 0 Å². The highest BCUT2D eigenvalue weighted by Crippen LogP contribution is 2.35. The van der Waals surface area contributed by atoms with E-state index in [9.17, 15) is 0 Å². The van der Waals surface area contributed by atoms with E-state index in [1.54, 1.807) is 0 Å². The molecule has 0 unspecified atom stereocenters. The van der Waals surface area contributed by atoms with E-state index in [1.807, 2.05) is 17.9 Å². The van der Waals surface area contributed by atoms with Crippen molar-refractivity contribution in [1.29, 1.82) is 0 Å². The quantitative estimate of drug-likeness (QED) is 0.909. The van der Waals surface area contributed by atoms with Crippen molar-refractivity contribution in [3.05, 3.63) is 17.5 Å². The molecule has 1 saturated carbocycles. The van der Waals surface area contributed by atoms with E-state index in [0.717, 1.165) is 13.1 Å². The number of halogens is 1. The fourth-order valence-corrected chi connectivity index (χ4v) is 3.74. The van der Waals surface area contributed by atoms with Crippen LogP contribution < -0.4 is 5.32 Å². The molecule has 2 heterocycles. The van der Waals surface area contributed by atoms with E-state index in [0.29, 0.717) is 5.54 Å². The fourth-order valence-electron chi connectivity index (χ4n) is 3.74. The van der Waals surface area contributed by atoms with Gasteiger partial charge >= 0.3 is 0 Å². The van der Waals surface area contributed by atoms with Crippen molar-refractivity contribution < 1.29 is 0 Å². The number of aromatic nitrogens is 2. The molecule has 20 heavy (non-hydrogen) atoms. The average Bonchev–Trinajstić information content (AvgIpc) is 2.75. The Morgan fingerprint density at radius 1 is 1.30 bits per heavy atom. The first-order valence-corrected chi connectivity index (χ1v) is 7.65. The molecular formula is C15H27ClN4. The van der Waals surface area contributed by atoms with Gasteiger partial charge < -0.3 is 5.32 Å². The minimum atomic E-state index is 0. The summed E-state index contributed by atoms with van der Waals surface area (Å²) in [5.74, 6) is 0. The van der Waals surface area contributed by atoms with Crippen LogP contribution in [0.3, 0.4) is 0 Å². The first kappa shape index (κ1) is 15.8. The third-order valence-electron chi connectivity index (χ3n) is 5.17. The van der Waals surface area contributed by atoms with Crippen LogP contribution in [-0.2, 0) is 13.6 Å². The van der Waals surface area contributed by atoms with Crippen LogP contribution >= 0.6 is 12.4 Å². The molecule has 0 radical (unpaired) electrons. The molecule has 0 bridgehead atoms. The topological polar surface area (TPSA) is 33.1 Å². The zero-order valence-electron chi connectivity index (χ0n) is 12.7. The SMILES string of the molecule is Cc1c(CN2CCNCC23CCCCC3)cnn1C.Cl. The Labute approximate surface area is 128 Å². The standard InChI is InChI=1S/C15H26N4.ClH/c1-13-14(10-17-18(13)2)11-19-9-8-16-12-15(19)6-4-3-5-7-15;/h10,16H,3-9,11-12H2,1-2H3;1H. The maximum absolute atomic E-state index is 4.39. The van der Waals surface area contributed by atoms with Gasteiger partial charge in [-0.25, -0.2) is 0 Å². The lowest BCUT2D eigenvalue weighted by Gasteiger charge is -2.50. The minimum absolute atomic E-state index is 0. The second-order valence-corrected chi connectivity index (χ2v) is 6.26. The smallest absolute Gasteiger partial charge is 0.0537 e. The van der Waals surface area contributed by atoms with E-state index in [1.165, 1.54) is 56.5 Å². The van der Waals surface area contributed by atoms with Crippen molar-refractivity contribution in [2.24, 2.45) is 7.05 Å². The summed E-state index contributed by atoms with van der Waals surface area (Å²) in [5, 5.41) is 8.01. The Balaban J connectivity index is 0.00000147. The zero-order valence-corrected chi connectivity index (χ0v) is 13.5. The maximum Gasteiger partial charge on any atom is 0.0537 e. The molecule has 1 aliphatic heterocycles. The van der Waals surface area contributed by atoms with E-state index in [2.05, 4.69) is 22.2 Å². The molecule has 0 aromatic carbocycles. The van der Waals surface area contributed by atoms with Crippen molar-refractivity contribution in [3.63, 3.8) is 0 Å². The minimum Gasteiger partial charge on any atom is -0.314 e. The predicted molar refractivity (Wildman–Crippen MR) is 84.3 cm³/mol. The Morgan fingerprint density at radius 3 is 2.70 bits per heavy atom. The molecular weight excluding hydrogens is 272 g/mol. The number of aryl methyl sites for hydroxylation is 1. The van der Waals surface area contributed by atoms with Gasteiger partial charge in [0.05, 0.1) is 6.20 Å². The lowest BCUT2D eigenvalue weighted by molar-refractivity contribution is 0.0207. The monoisotopic (exact) mass is 298 g/mol. The van der Waals surface area contributed by atoms with E-state index < -0.39 is 0 Å². The summed E-state index contributed by atoms with van der Waals surface area (Å²) in [6, 6.07) is 0. The summed E-state index contributed by atoms with van der Waals surface area (Å²) >= 11 is 0. The second-order valence-electron chi connectivity index (χ2n) is 6.26. The highest BCUT2D eigenvalue weighted by Gasteiger charge is 2.39. The molecule has 114 valence electrons. The van der Waals surface area contributed by atoms with Gasteiger partial charge in [0, 0.05) is 50.0 Å². The largest absolute Gasteiger partial charge is 0.314 e. The van der Waals surface area contributed by atoms with Gasteiger partial charge in [-0.3, -0.25) is 9.58 Å². The van der Waals surface area contributed by atoms with Gasteiger partial charge in [-0.2, -0.15) is 5.10 Å². The Kier molecular flexibility index (Phi) is 5.10. The van der Waals surface area contributed by atoms with Gasteiger partial charge in [-0.15, -0.1) is 12.4 Å². The molecule has 1 aromatic heterocycles. The van der Waals surface area contributed by atoms with Gasteiger partial charge in [0.25, 0.3) is 0 Å². The summed E-state index contributed by atoms with van der Waals surface area (Å²) in [6.45, 7) is 6.72. The molecule has 3 rings (SSSR count). The summed E-state index contributed by atoms with van der Waals surface area (Å²) in [4.78, 5) is 2.73. The van der Waals surface area contributed by atoms with Crippen molar-refractivity contribution in [2.75, 3.05) is 19.6 Å². The highest BCUT2D eigenvalue weighted by atomic mass is 35.5. The number of rotatable bonds is 2. The number of hydrogen-bond donors (Lipinski definition) is 1. The first-order valence-electron chi connectivity index (χ1n) is 7.65. The van der Waals surface area contributed by atoms with Gasteiger partial charge in [0.1, 0.15) is 0 Å². The van der Waals surface area contributed by atoms with E-state index >= 15 is 0 Å².